The largest absolute Gasteiger partial charge is 0.494 e. The van der Waals surface area contributed by atoms with E-state index in [0.29, 0.717) is 33.5 Å². The first kappa shape index (κ1) is 27.4. The molecule has 198 valence electrons. The molecule has 0 saturated heterocycles. The van der Waals surface area contributed by atoms with Crippen LogP contribution in [0.1, 0.15) is 17.8 Å². The number of anilines is 1. The summed E-state index contributed by atoms with van der Waals surface area (Å²) >= 11 is 8.38. The van der Waals surface area contributed by atoms with Gasteiger partial charge < -0.3 is 14.8 Å². The molecule has 0 aliphatic rings. The fourth-order valence-electron chi connectivity index (χ4n) is 3.17. The number of hydrogen-bond acceptors (Lipinski definition) is 10. The van der Waals surface area contributed by atoms with E-state index in [4.69, 9.17) is 21.1 Å². The normalized spacial score (nSPS) is 10.7. The molecule has 4 aromatic rings. The number of nitrogens with zero attached hydrogens (tertiary/aromatic N) is 5. The Morgan fingerprint density at radius 2 is 1.68 bits per heavy atom. The highest BCUT2D eigenvalue weighted by atomic mass is 35.5. The van der Waals surface area contributed by atoms with Gasteiger partial charge in [0.2, 0.25) is 11.0 Å². The standard InChI is InChI=1S/C24H24ClN7O4S2/c1-3-35-18-10-6-17(7-11-18)32-20(12-26-21(33)13-36-19-8-4-16(25)5-9-19)29-31-24(32)37-14-22(34)27-23-30-28-15(2)38-23/h4-11H,3,12-14H2,1-2H3,(H,26,33)(H,27,30,34). The van der Waals surface area contributed by atoms with Crippen molar-refractivity contribution in [3.05, 3.63) is 64.4 Å². The highest BCUT2D eigenvalue weighted by molar-refractivity contribution is 7.99. The smallest absolute Gasteiger partial charge is 0.258 e. The number of carbonyl (C=O) groups is 2. The SMILES string of the molecule is CCOc1ccc(-n2c(CNC(=O)COc3ccc(Cl)cc3)nnc2SCC(=O)Nc2nnc(C)s2)cc1. The number of amides is 2. The van der Waals surface area contributed by atoms with Crippen LogP contribution in [-0.4, -0.2) is 55.7 Å². The van der Waals surface area contributed by atoms with Crippen LogP contribution in [0.2, 0.25) is 5.02 Å². The number of carbonyl (C=O) groups excluding carboxylic acids is 2. The molecule has 0 spiro atoms. The van der Waals surface area contributed by atoms with Crippen LogP contribution < -0.4 is 20.1 Å². The van der Waals surface area contributed by atoms with Crippen molar-refractivity contribution >= 4 is 51.6 Å². The van der Waals surface area contributed by atoms with Crippen molar-refractivity contribution in [2.75, 3.05) is 24.3 Å². The lowest BCUT2D eigenvalue weighted by molar-refractivity contribution is -0.123. The van der Waals surface area contributed by atoms with Gasteiger partial charge in [-0.25, -0.2) is 0 Å². The van der Waals surface area contributed by atoms with E-state index >= 15 is 0 Å². The van der Waals surface area contributed by atoms with Crippen molar-refractivity contribution in [3.63, 3.8) is 0 Å². The maximum Gasteiger partial charge on any atom is 0.258 e. The first-order chi connectivity index (χ1) is 18.4. The topological polar surface area (TPSA) is 133 Å². The van der Waals surface area contributed by atoms with Crippen molar-refractivity contribution < 1.29 is 19.1 Å². The summed E-state index contributed by atoms with van der Waals surface area (Å²) in [6, 6.07) is 14.1. The van der Waals surface area contributed by atoms with E-state index < -0.39 is 0 Å². The van der Waals surface area contributed by atoms with Gasteiger partial charge in [0.1, 0.15) is 16.5 Å². The molecule has 2 aromatic heterocycles. The van der Waals surface area contributed by atoms with Gasteiger partial charge in [0.05, 0.1) is 18.9 Å². The summed E-state index contributed by atoms with van der Waals surface area (Å²) in [7, 11) is 0. The molecule has 0 unspecified atom stereocenters. The molecule has 2 N–H and O–H groups in total. The molecule has 0 saturated carbocycles. The molecule has 4 rings (SSSR count). The fraction of sp³-hybridized carbons (Fsp3) is 0.250. The molecule has 0 aliphatic carbocycles. The van der Waals surface area contributed by atoms with Gasteiger partial charge in [-0.15, -0.1) is 20.4 Å². The predicted molar refractivity (Wildman–Crippen MR) is 145 cm³/mol. The van der Waals surface area contributed by atoms with Crippen molar-refractivity contribution in [3.8, 4) is 17.2 Å². The van der Waals surface area contributed by atoms with Crippen LogP contribution >= 0.6 is 34.7 Å². The molecule has 2 heterocycles. The Kier molecular flexibility index (Phi) is 9.51. The lowest BCUT2D eigenvalue weighted by Gasteiger charge is -2.12. The second kappa shape index (κ2) is 13.2. The van der Waals surface area contributed by atoms with Gasteiger partial charge >= 0.3 is 0 Å². The van der Waals surface area contributed by atoms with E-state index in [1.165, 1.54) is 23.1 Å². The van der Waals surface area contributed by atoms with Crippen LogP contribution in [0, 0.1) is 6.92 Å². The number of aromatic nitrogens is 5. The predicted octanol–water partition coefficient (Wildman–Crippen LogP) is 3.91. The Hall–Kier alpha value is -3.68. The summed E-state index contributed by atoms with van der Waals surface area (Å²) in [4.78, 5) is 24.9. The van der Waals surface area contributed by atoms with Gasteiger partial charge in [-0.2, -0.15) is 0 Å². The molecule has 0 atom stereocenters. The number of ether oxygens (including phenoxy) is 2. The summed E-state index contributed by atoms with van der Waals surface area (Å²) in [5, 5.41) is 24.1. The van der Waals surface area contributed by atoms with Gasteiger partial charge in [-0.1, -0.05) is 34.7 Å². The number of halogens is 1. The van der Waals surface area contributed by atoms with Crippen molar-refractivity contribution in [1.29, 1.82) is 0 Å². The van der Waals surface area contributed by atoms with Crippen molar-refractivity contribution in [1.82, 2.24) is 30.3 Å². The summed E-state index contributed by atoms with van der Waals surface area (Å²) < 4.78 is 12.8. The van der Waals surface area contributed by atoms with E-state index in [-0.39, 0.29) is 30.7 Å². The molecule has 38 heavy (non-hydrogen) atoms. The van der Waals surface area contributed by atoms with Crippen LogP contribution in [-0.2, 0) is 16.1 Å². The van der Waals surface area contributed by atoms with Gasteiger partial charge in [-0.05, 0) is 62.4 Å². The van der Waals surface area contributed by atoms with E-state index in [1.54, 1.807) is 28.8 Å². The quantitative estimate of drug-likeness (QED) is 0.242. The Morgan fingerprint density at radius 1 is 0.974 bits per heavy atom. The van der Waals surface area contributed by atoms with Crippen LogP contribution in [0.3, 0.4) is 0 Å². The summed E-state index contributed by atoms with van der Waals surface area (Å²) in [6.07, 6.45) is 0. The highest BCUT2D eigenvalue weighted by Gasteiger charge is 2.17. The molecule has 14 heteroatoms. The summed E-state index contributed by atoms with van der Waals surface area (Å²) in [5.41, 5.74) is 0.753. The van der Waals surface area contributed by atoms with Crippen molar-refractivity contribution in [2.24, 2.45) is 0 Å². The second-order valence-corrected chi connectivity index (χ2v) is 10.2. The van der Waals surface area contributed by atoms with Crippen LogP contribution in [0.5, 0.6) is 11.5 Å². The molecule has 11 nitrogen and oxygen atoms in total. The maximum atomic E-state index is 12.4. The zero-order valence-corrected chi connectivity index (χ0v) is 22.9. The fourth-order valence-corrected chi connectivity index (χ4v) is 4.67. The van der Waals surface area contributed by atoms with E-state index in [0.717, 1.165) is 16.4 Å². The minimum absolute atomic E-state index is 0.0785. The van der Waals surface area contributed by atoms with E-state index in [9.17, 15) is 9.59 Å². The lowest BCUT2D eigenvalue weighted by atomic mass is 10.3. The first-order valence-electron chi connectivity index (χ1n) is 11.5. The average Bonchev–Trinajstić information content (AvgIpc) is 3.52. The lowest BCUT2D eigenvalue weighted by Crippen LogP contribution is -2.29. The molecular formula is C24H24ClN7O4S2. The third kappa shape index (κ3) is 7.66. The van der Waals surface area contributed by atoms with Crippen LogP contribution in [0.4, 0.5) is 5.13 Å². The van der Waals surface area contributed by atoms with Gasteiger partial charge in [0.15, 0.2) is 17.6 Å². The minimum Gasteiger partial charge on any atom is -0.494 e. The second-order valence-electron chi connectivity index (χ2n) is 7.64. The minimum atomic E-state index is -0.331. The Bertz CT molecular complexity index is 1380. The summed E-state index contributed by atoms with van der Waals surface area (Å²) in [5.74, 6) is 1.23. The average molecular weight is 574 g/mol. The Morgan fingerprint density at radius 3 is 2.37 bits per heavy atom. The van der Waals surface area contributed by atoms with E-state index in [1.807, 2.05) is 38.1 Å². The number of hydrogen-bond donors (Lipinski definition) is 2. The highest BCUT2D eigenvalue weighted by Crippen LogP contribution is 2.24. The van der Waals surface area contributed by atoms with Crippen molar-refractivity contribution in [2.45, 2.75) is 25.5 Å². The zero-order chi connectivity index (χ0) is 26.9. The van der Waals surface area contributed by atoms with Gasteiger partial charge in [0.25, 0.3) is 5.91 Å². The molecular weight excluding hydrogens is 550 g/mol. The molecule has 0 radical (unpaired) electrons. The monoisotopic (exact) mass is 573 g/mol. The Balaban J connectivity index is 1.43. The maximum absolute atomic E-state index is 12.4. The van der Waals surface area contributed by atoms with Gasteiger partial charge in [-0.3, -0.25) is 19.5 Å². The third-order valence-corrected chi connectivity index (χ3v) is 6.77. The number of benzene rings is 2. The van der Waals surface area contributed by atoms with Gasteiger partial charge in [0, 0.05) is 10.7 Å². The third-order valence-electron chi connectivity index (χ3n) is 4.84. The van der Waals surface area contributed by atoms with E-state index in [2.05, 4.69) is 31.0 Å². The summed E-state index contributed by atoms with van der Waals surface area (Å²) in [6.45, 7) is 4.19. The molecule has 0 aliphatic heterocycles. The number of aryl methyl sites for hydroxylation is 1. The number of rotatable bonds is 12. The molecule has 2 aromatic carbocycles. The van der Waals surface area contributed by atoms with Crippen LogP contribution in [0.15, 0.2) is 53.7 Å². The van der Waals surface area contributed by atoms with Crippen LogP contribution in [0.25, 0.3) is 5.69 Å². The Labute approximate surface area is 231 Å². The first-order valence-corrected chi connectivity index (χ1v) is 13.6. The zero-order valence-electron chi connectivity index (χ0n) is 20.5. The number of nitrogens with one attached hydrogen (secondary N) is 2. The molecule has 0 fully saturated rings. The molecule has 2 amide bonds. The molecule has 0 bridgehead atoms. The number of thioether (sulfide) groups is 1.